The van der Waals surface area contributed by atoms with Gasteiger partial charge in [0.05, 0.1) is 18.1 Å². The minimum Gasteiger partial charge on any atom is -0.466 e. The first-order valence-corrected chi connectivity index (χ1v) is 6.54. The minimum absolute atomic E-state index is 0.134. The number of rotatable bonds is 6. The molecule has 0 spiro atoms. The predicted octanol–water partition coefficient (Wildman–Crippen LogP) is 1.42. The van der Waals surface area contributed by atoms with Crippen molar-refractivity contribution in [1.29, 1.82) is 0 Å². The normalized spacial score (nSPS) is 20.5. The highest BCUT2D eigenvalue weighted by molar-refractivity contribution is 5.72. The molecule has 0 bridgehead atoms. The van der Waals surface area contributed by atoms with E-state index >= 15 is 0 Å². The molecule has 17 heavy (non-hydrogen) atoms. The van der Waals surface area contributed by atoms with Crippen LogP contribution in [0.25, 0.3) is 0 Å². The minimum atomic E-state index is -0.539. The van der Waals surface area contributed by atoms with Gasteiger partial charge in [0.1, 0.15) is 0 Å². The van der Waals surface area contributed by atoms with Crippen LogP contribution in [0.1, 0.15) is 39.5 Å². The third-order valence-corrected chi connectivity index (χ3v) is 3.37. The van der Waals surface area contributed by atoms with Gasteiger partial charge in [-0.25, -0.2) is 0 Å². The van der Waals surface area contributed by atoms with Crippen LogP contribution in [-0.2, 0) is 9.53 Å². The molecule has 1 saturated carbocycles. The summed E-state index contributed by atoms with van der Waals surface area (Å²) in [5, 5.41) is 10.3. The zero-order valence-electron chi connectivity index (χ0n) is 11.2. The van der Waals surface area contributed by atoms with Crippen LogP contribution in [0, 0.1) is 5.92 Å². The van der Waals surface area contributed by atoms with E-state index in [2.05, 4.69) is 0 Å². The smallest absolute Gasteiger partial charge is 0.309 e. The first-order chi connectivity index (χ1) is 7.97. The molecular weight excluding hydrogens is 218 g/mol. The molecule has 4 heteroatoms. The summed E-state index contributed by atoms with van der Waals surface area (Å²) in [6.07, 6.45) is 3.98. The molecule has 1 N–H and O–H groups in total. The maximum atomic E-state index is 11.5. The lowest BCUT2D eigenvalue weighted by atomic mass is 10.0. The molecule has 0 aromatic heterocycles. The Morgan fingerprint density at radius 1 is 1.47 bits per heavy atom. The van der Waals surface area contributed by atoms with Gasteiger partial charge in [-0.15, -0.1) is 0 Å². The van der Waals surface area contributed by atoms with Crippen molar-refractivity contribution in [2.45, 2.75) is 45.1 Å². The number of hydrogen-bond donors (Lipinski definition) is 1. The summed E-state index contributed by atoms with van der Waals surface area (Å²) in [6, 6.07) is 0. The molecule has 1 unspecified atom stereocenters. The molecule has 0 amide bonds. The van der Waals surface area contributed by atoms with Crippen molar-refractivity contribution in [3.63, 3.8) is 0 Å². The average Bonchev–Trinajstić information content (AvgIpc) is 2.64. The van der Waals surface area contributed by atoms with E-state index in [0.717, 1.165) is 25.7 Å². The number of esters is 1. The maximum Gasteiger partial charge on any atom is 0.309 e. The molecule has 0 aromatic rings. The summed E-state index contributed by atoms with van der Waals surface area (Å²) in [7, 11) is 1.95. The molecule has 1 rings (SSSR count). The summed E-state index contributed by atoms with van der Waals surface area (Å²) < 4.78 is 4.97. The lowest BCUT2D eigenvalue weighted by Gasteiger charge is -2.29. The van der Waals surface area contributed by atoms with Crippen molar-refractivity contribution in [3.05, 3.63) is 0 Å². The maximum absolute atomic E-state index is 11.5. The van der Waals surface area contributed by atoms with Gasteiger partial charge in [0.2, 0.25) is 0 Å². The second-order valence-corrected chi connectivity index (χ2v) is 5.28. The molecule has 100 valence electrons. The highest BCUT2D eigenvalue weighted by Gasteiger charge is 2.32. The van der Waals surface area contributed by atoms with Crippen molar-refractivity contribution < 1.29 is 14.6 Å². The molecule has 1 aliphatic carbocycles. The molecule has 1 aliphatic rings. The van der Waals surface area contributed by atoms with Gasteiger partial charge in [0, 0.05) is 13.1 Å². The van der Waals surface area contributed by atoms with Crippen LogP contribution in [0.2, 0.25) is 0 Å². The third kappa shape index (κ3) is 4.64. The monoisotopic (exact) mass is 243 g/mol. The summed E-state index contributed by atoms with van der Waals surface area (Å²) in [5.41, 5.74) is -0.539. The topological polar surface area (TPSA) is 49.8 Å². The fourth-order valence-electron chi connectivity index (χ4n) is 2.58. The number of nitrogens with zero attached hydrogens (tertiary/aromatic N) is 1. The Balaban J connectivity index is 2.33. The van der Waals surface area contributed by atoms with Gasteiger partial charge in [0.15, 0.2) is 0 Å². The Morgan fingerprint density at radius 2 is 2.06 bits per heavy atom. The van der Waals surface area contributed by atoms with Crippen LogP contribution in [-0.4, -0.2) is 48.3 Å². The van der Waals surface area contributed by atoms with Gasteiger partial charge in [0.25, 0.3) is 0 Å². The predicted molar refractivity (Wildman–Crippen MR) is 66.7 cm³/mol. The summed E-state index contributed by atoms with van der Waals surface area (Å²) in [6.45, 7) is 5.40. The number of hydrogen-bond acceptors (Lipinski definition) is 4. The van der Waals surface area contributed by atoms with Crippen LogP contribution < -0.4 is 0 Å². The molecule has 0 radical (unpaired) electrons. The van der Waals surface area contributed by atoms with Crippen LogP contribution in [0.5, 0.6) is 0 Å². The Morgan fingerprint density at radius 3 is 2.59 bits per heavy atom. The largest absolute Gasteiger partial charge is 0.466 e. The number of carbonyl (C=O) groups is 1. The van der Waals surface area contributed by atoms with Gasteiger partial charge >= 0.3 is 5.97 Å². The van der Waals surface area contributed by atoms with Gasteiger partial charge in [-0.3, -0.25) is 4.79 Å². The molecule has 0 aliphatic heterocycles. The van der Waals surface area contributed by atoms with Crippen molar-refractivity contribution in [2.24, 2.45) is 5.92 Å². The van der Waals surface area contributed by atoms with E-state index in [4.69, 9.17) is 4.74 Å². The van der Waals surface area contributed by atoms with E-state index in [9.17, 15) is 9.90 Å². The van der Waals surface area contributed by atoms with E-state index in [1.165, 1.54) is 0 Å². The van der Waals surface area contributed by atoms with E-state index in [-0.39, 0.29) is 11.9 Å². The van der Waals surface area contributed by atoms with Crippen molar-refractivity contribution in [2.75, 3.05) is 26.7 Å². The Bertz CT molecular complexity index is 249. The number of likely N-dealkylation sites (N-methyl/N-ethyl adjacent to an activating group) is 1. The van der Waals surface area contributed by atoms with E-state index < -0.39 is 5.60 Å². The van der Waals surface area contributed by atoms with Crippen LogP contribution >= 0.6 is 0 Å². The fourth-order valence-corrected chi connectivity index (χ4v) is 2.58. The lowest BCUT2D eigenvalue weighted by Crippen LogP contribution is -2.41. The van der Waals surface area contributed by atoms with Gasteiger partial charge < -0.3 is 14.7 Å². The number of aliphatic hydroxyl groups is 1. The second kappa shape index (κ2) is 6.36. The summed E-state index contributed by atoms with van der Waals surface area (Å²) in [4.78, 5) is 13.5. The van der Waals surface area contributed by atoms with Gasteiger partial charge in [-0.2, -0.15) is 0 Å². The molecule has 0 aromatic carbocycles. The number of carbonyl (C=O) groups excluding carboxylic acids is 1. The Hall–Kier alpha value is -0.610. The summed E-state index contributed by atoms with van der Waals surface area (Å²) >= 11 is 0. The molecule has 4 nitrogen and oxygen atoms in total. The van der Waals surface area contributed by atoms with Crippen LogP contribution in [0.4, 0.5) is 0 Å². The third-order valence-electron chi connectivity index (χ3n) is 3.37. The molecule has 1 fully saturated rings. The van der Waals surface area contributed by atoms with Gasteiger partial charge in [-0.05, 0) is 26.8 Å². The zero-order chi connectivity index (χ0) is 12.9. The summed E-state index contributed by atoms with van der Waals surface area (Å²) in [5.74, 6) is -0.289. The zero-order valence-corrected chi connectivity index (χ0v) is 11.2. The Kier molecular flexibility index (Phi) is 5.40. The first-order valence-electron chi connectivity index (χ1n) is 6.54. The van der Waals surface area contributed by atoms with Crippen LogP contribution in [0.15, 0.2) is 0 Å². The van der Waals surface area contributed by atoms with E-state index in [0.29, 0.717) is 19.7 Å². The van der Waals surface area contributed by atoms with E-state index in [1.54, 1.807) is 0 Å². The van der Waals surface area contributed by atoms with Crippen molar-refractivity contribution in [1.82, 2.24) is 4.90 Å². The van der Waals surface area contributed by atoms with Crippen molar-refractivity contribution >= 4 is 5.97 Å². The standard InChI is InChI=1S/C13H25NO3/c1-4-17-12(15)11(2)9-14(3)10-13(16)7-5-6-8-13/h11,16H,4-10H2,1-3H3. The Labute approximate surface area is 104 Å². The molecule has 0 heterocycles. The van der Waals surface area contributed by atoms with E-state index in [1.807, 2.05) is 25.8 Å². The lowest BCUT2D eigenvalue weighted by molar-refractivity contribution is -0.148. The number of ether oxygens (including phenoxy) is 1. The first kappa shape index (κ1) is 14.5. The van der Waals surface area contributed by atoms with Crippen LogP contribution in [0.3, 0.4) is 0 Å². The van der Waals surface area contributed by atoms with Gasteiger partial charge in [-0.1, -0.05) is 19.8 Å². The average molecular weight is 243 g/mol. The molecule has 0 saturated heterocycles. The second-order valence-electron chi connectivity index (χ2n) is 5.28. The molecular formula is C13H25NO3. The van der Waals surface area contributed by atoms with Crippen molar-refractivity contribution in [3.8, 4) is 0 Å². The highest BCUT2D eigenvalue weighted by Crippen LogP contribution is 2.30. The SMILES string of the molecule is CCOC(=O)C(C)CN(C)CC1(O)CCCC1. The highest BCUT2D eigenvalue weighted by atomic mass is 16.5. The fraction of sp³-hybridized carbons (Fsp3) is 0.923. The molecule has 1 atom stereocenters. The quantitative estimate of drug-likeness (QED) is 0.717.